The number of nitrogens with zero attached hydrogens (tertiary/aromatic N) is 1. The Morgan fingerprint density at radius 1 is 1.00 bits per heavy atom. The molecule has 0 aliphatic rings. The van der Waals surface area contributed by atoms with Crippen LogP contribution in [0.25, 0.3) is 11.3 Å². The Hall–Kier alpha value is -1.88. The average molecular weight is 391 g/mol. The fourth-order valence-corrected chi connectivity index (χ4v) is 3.82. The maximum atomic E-state index is 12.4. The van der Waals surface area contributed by atoms with Crippen LogP contribution in [-0.2, 0) is 0 Å². The largest absolute Gasteiger partial charge is 0.298 e. The highest BCUT2D eigenvalue weighted by Gasteiger charge is 2.14. The number of benzene rings is 2. The van der Waals surface area contributed by atoms with E-state index in [0.717, 1.165) is 16.1 Å². The number of halogens is 2. The molecule has 0 bridgehead atoms. The standard InChI is InChI=1S/C19H16Cl2N2OS/c1-10-4-5-13(6-11(10)2)17-12(3)25-19(22-17)23-18(24)14-7-15(20)9-16(21)8-14/h4-9H,1-3H3,(H,22,23,24). The summed E-state index contributed by atoms with van der Waals surface area (Å²) in [6.07, 6.45) is 0. The number of carbonyl (C=O) groups excluding carboxylic acids is 1. The molecule has 0 unspecified atom stereocenters. The van der Waals surface area contributed by atoms with Gasteiger partial charge in [-0.25, -0.2) is 4.98 Å². The van der Waals surface area contributed by atoms with Gasteiger partial charge in [-0.2, -0.15) is 0 Å². The van der Waals surface area contributed by atoms with E-state index in [9.17, 15) is 4.79 Å². The first kappa shape index (κ1) is 17.9. The highest BCUT2D eigenvalue weighted by molar-refractivity contribution is 7.16. The van der Waals surface area contributed by atoms with Crippen LogP contribution < -0.4 is 5.32 Å². The molecular formula is C19H16Cl2N2OS. The van der Waals surface area contributed by atoms with Crippen LogP contribution in [0, 0.1) is 20.8 Å². The highest BCUT2D eigenvalue weighted by Crippen LogP contribution is 2.31. The highest BCUT2D eigenvalue weighted by atomic mass is 35.5. The minimum Gasteiger partial charge on any atom is -0.298 e. The Morgan fingerprint density at radius 3 is 2.32 bits per heavy atom. The zero-order chi connectivity index (χ0) is 18.1. The second kappa shape index (κ2) is 7.16. The summed E-state index contributed by atoms with van der Waals surface area (Å²) in [6, 6.07) is 11.0. The molecule has 25 heavy (non-hydrogen) atoms. The van der Waals surface area contributed by atoms with Crippen molar-refractivity contribution in [1.29, 1.82) is 0 Å². The lowest BCUT2D eigenvalue weighted by molar-refractivity contribution is 0.102. The molecule has 6 heteroatoms. The number of nitrogens with one attached hydrogen (secondary N) is 1. The molecule has 3 rings (SSSR count). The predicted octanol–water partition coefficient (Wildman–Crippen LogP) is 6.29. The van der Waals surface area contributed by atoms with Crippen LogP contribution in [-0.4, -0.2) is 10.9 Å². The third kappa shape index (κ3) is 4.03. The number of carbonyl (C=O) groups is 1. The quantitative estimate of drug-likeness (QED) is 0.570. The van der Waals surface area contributed by atoms with Crippen LogP contribution in [0.4, 0.5) is 5.13 Å². The van der Waals surface area contributed by atoms with Crippen molar-refractivity contribution in [2.24, 2.45) is 0 Å². The van der Waals surface area contributed by atoms with Gasteiger partial charge in [-0.1, -0.05) is 35.3 Å². The van der Waals surface area contributed by atoms with Crippen molar-refractivity contribution >= 4 is 45.6 Å². The Kier molecular flexibility index (Phi) is 5.13. The summed E-state index contributed by atoms with van der Waals surface area (Å²) in [7, 11) is 0. The van der Waals surface area contributed by atoms with Crippen molar-refractivity contribution in [2.75, 3.05) is 5.32 Å². The third-order valence-electron chi connectivity index (χ3n) is 3.92. The van der Waals surface area contributed by atoms with Gasteiger partial charge in [0, 0.05) is 26.0 Å². The fourth-order valence-electron chi connectivity index (χ4n) is 2.46. The van der Waals surface area contributed by atoms with Crippen molar-refractivity contribution in [1.82, 2.24) is 4.98 Å². The first-order valence-corrected chi connectivity index (χ1v) is 9.23. The molecule has 1 aromatic heterocycles. The number of rotatable bonds is 3. The Bertz CT molecular complexity index is 946. The molecule has 0 aliphatic heterocycles. The van der Waals surface area contributed by atoms with Gasteiger partial charge in [0.25, 0.3) is 5.91 Å². The van der Waals surface area contributed by atoms with Gasteiger partial charge in [-0.15, -0.1) is 11.3 Å². The van der Waals surface area contributed by atoms with E-state index in [-0.39, 0.29) is 5.91 Å². The maximum Gasteiger partial charge on any atom is 0.257 e. The number of hydrogen-bond donors (Lipinski definition) is 1. The lowest BCUT2D eigenvalue weighted by Gasteiger charge is -2.04. The van der Waals surface area contributed by atoms with Gasteiger partial charge in [0.15, 0.2) is 5.13 Å². The number of amides is 1. The third-order valence-corrected chi connectivity index (χ3v) is 5.24. The first-order valence-electron chi connectivity index (χ1n) is 7.66. The molecule has 128 valence electrons. The first-order chi connectivity index (χ1) is 11.8. The number of hydrogen-bond acceptors (Lipinski definition) is 3. The van der Waals surface area contributed by atoms with Gasteiger partial charge in [-0.05, 0) is 56.2 Å². The van der Waals surface area contributed by atoms with Crippen LogP contribution >= 0.6 is 34.5 Å². The number of thiazole rings is 1. The zero-order valence-corrected chi connectivity index (χ0v) is 16.3. The summed E-state index contributed by atoms with van der Waals surface area (Å²) in [5, 5.41) is 4.21. The van der Waals surface area contributed by atoms with E-state index in [1.807, 2.05) is 13.0 Å². The van der Waals surface area contributed by atoms with Crippen molar-refractivity contribution in [2.45, 2.75) is 20.8 Å². The van der Waals surface area contributed by atoms with Crippen LogP contribution in [0.2, 0.25) is 10.0 Å². The average Bonchev–Trinajstić information content (AvgIpc) is 2.89. The van der Waals surface area contributed by atoms with E-state index in [4.69, 9.17) is 23.2 Å². The van der Waals surface area contributed by atoms with Gasteiger partial charge in [0.05, 0.1) is 5.69 Å². The zero-order valence-electron chi connectivity index (χ0n) is 14.0. The van der Waals surface area contributed by atoms with Gasteiger partial charge in [0.1, 0.15) is 0 Å². The molecular weight excluding hydrogens is 375 g/mol. The second-order valence-corrected chi connectivity index (χ2v) is 7.91. The summed E-state index contributed by atoms with van der Waals surface area (Å²) in [6.45, 7) is 6.15. The lowest BCUT2D eigenvalue weighted by atomic mass is 10.0. The topological polar surface area (TPSA) is 42.0 Å². The van der Waals surface area contributed by atoms with Crippen molar-refractivity contribution < 1.29 is 4.79 Å². The summed E-state index contributed by atoms with van der Waals surface area (Å²) in [4.78, 5) is 18.0. The van der Waals surface area contributed by atoms with Crippen LogP contribution in [0.1, 0.15) is 26.4 Å². The van der Waals surface area contributed by atoms with E-state index in [1.54, 1.807) is 18.2 Å². The van der Waals surface area contributed by atoms with Crippen LogP contribution in [0.5, 0.6) is 0 Å². The number of aromatic nitrogens is 1. The van der Waals surface area contributed by atoms with Gasteiger partial charge in [0.2, 0.25) is 0 Å². The molecule has 0 spiro atoms. The molecule has 0 atom stereocenters. The molecule has 1 heterocycles. The summed E-state index contributed by atoms with van der Waals surface area (Å²) in [5.74, 6) is -0.287. The number of anilines is 1. The van der Waals surface area contributed by atoms with Crippen LogP contribution in [0.3, 0.4) is 0 Å². The molecule has 2 aromatic carbocycles. The predicted molar refractivity (Wildman–Crippen MR) is 106 cm³/mol. The fraction of sp³-hybridized carbons (Fsp3) is 0.158. The molecule has 0 radical (unpaired) electrons. The van der Waals surface area contributed by atoms with Crippen molar-refractivity contribution in [3.05, 3.63) is 68.0 Å². The van der Waals surface area contributed by atoms with Crippen molar-refractivity contribution in [3.63, 3.8) is 0 Å². The molecule has 1 amide bonds. The van der Waals surface area contributed by atoms with E-state index in [2.05, 4.69) is 36.3 Å². The molecule has 3 nitrogen and oxygen atoms in total. The lowest BCUT2D eigenvalue weighted by Crippen LogP contribution is -2.11. The normalized spacial score (nSPS) is 10.8. The van der Waals surface area contributed by atoms with E-state index in [1.165, 1.54) is 22.5 Å². The molecule has 0 fully saturated rings. The molecule has 3 aromatic rings. The summed E-state index contributed by atoms with van der Waals surface area (Å²) in [5.41, 5.74) is 4.78. The van der Waals surface area contributed by atoms with Crippen molar-refractivity contribution in [3.8, 4) is 11.3 Å². The SMILES string of the molecule is Cc1ccc(-c2nc(NC(=O)c3cc(Cl)cc(Cl)c3)sc2C)cc1C. The van der Waals surface area contributed by atoms with E-state index < -0.39 is 0 Å². The smallest absolute Gasteiger partial charge is 0.257 e. The minimum absolute atomic E-state index is 0.287. The van der Waals surface area contributed by atoms with Gasteiger partial charge >= 0.3 is 0 Å². The minimum atomic E-state index is -0.287. The Labute approximate surface area is 160 Å². The van der Waals surface area contributed by atoms with E-state index in [0.29, 0.717) is 20.7 Å². The second-order valence-electron chi connectivity index (χ2n) is 5.84. The summed E-state index contributed by atoms with van der Waals surface area (Å²) >= 11 is 13.4. The Morgan fingerprint density at radius 2 is 1.68 bits per heavy atom. The maximum absolute atomic E-state index is 12.4. The van der Waals surface area contributed by atoms with Gasteiger partial charge in [-0.3, -0.25) is 10.1 Å². The molecule has 0 aliphatic carbocycles. The van der Waals surface area contributed by atoms with Crippen LogP contribution in [0.15, 0.2) is 36.4 Å². The monoisotopic (exact) mass is 390 g/mol. The number of aryl methyl sites for hydroxylation is 3. The molecule has 0 saturated heterocycles. The molecule has 1 N–H and O–H groups in total. The Balaban J connectivity index is 1.87. The summed E-state index contributed by atoms with van der Waals surface area (Å²) < 4.78 is 0. The van der Waals surface area contributed by atoms with E-state index >= 15 is 0 Å². The molecule has 0 saturated carbocycles. The van der Waals surface area contributed by atoms with Gasteiger partial charge < -0.3 is 0 Å².